The maximum Gasteiger partial charge on any atom is 0.159 e. The van der Waals surface area contributed by atoms with Crippen molar-refractivity contribution in [1.82, 2.24) is 5.16 Å². The highest BCUT2D eigenvalue weighted by molar-refractivity contribution is 5.95. The van der Waals surface area contributed by atoms with Crippen molar-refractivity contribution in [3.63, 3.8) is 0 Å². The van der Waals surface area contributed by atoms with Gasteiger partial charge in [0.2, 0.25) is 0 Å². The van der Waals surface area contributed by atoms with Gasteiger partial charge in [-0.1, -0.05) is 17.3 Å². The molecule has 16 heavy (non-hydrogen) atoms. The number of anilines is 2. The van der Waals surface area contributed by atoms with Crippen molar-refractivity contribution in [2.45, 2.75) is 13.8 Å². The van der Waals surface area contributed by atoms with E-state index in [0.29, 0.717) is 11.3 Å². The van der Waals surface area contributed by atoms with E-state index >= 15 is 0 Å². The van der Waals surface area contributed by atoms with Crippen LogP contribution in [0.4, 0.5) is 11.4 Å². The highest BCUT2D eigenvalue weighted by Crippen LogP contribution is 2.20. The van der Waals surface area contributed by atoms with Gasteiger partial charge >= 0.3 is 0 Å². The molecule has 1 aromatic heterocycles. The zero-order valence-electron chi connectivity index (χ0n) is 9.15. The van der Waals surface area contributed by atoms with Gasteiger partial charge in [0.05, 0.1) is 6.20 Å². The van der Waals surface area contributed by atoms with Crippen LogP contribution in [0.2, 0.25) is 0 Å². The highest BCUT2D eigenvalue weighted by atomic mass is 16.5. The number of nitrogens with one attached hydrogen (secondary N) is 1. The lowest BCUT2D eigenvalue weighted by Gasteiger charge is -2.05. The van der Waals surface area contributed by atoms with Crippen LogP contribution in [-0.4, -0.2) is 10.9 Å². The van der Waals surface area contributed by atoms with Crippen molar-refractivity contribution in [2.75, 3.05) is 5.32 Å². The minimum Gasteiger partial charge on any atom is -0.359 e. The van der Waals surface area contributed by atoms with Gasteiger partial charge in [-0.05, 0) is 26.0 Å². The Kier molecular flexibility index (Phi) is 2.72. The van der Waals surface area contributed by atoms with Crippen LogP contribution in [-0.2, 0) is 0 Å². The van der Waals surface area contributed by atoms with E-state index in [-0.39, 0.29) is 5.78 Å². The molecule has 0 saturated carbocycles. The number of aryl methyl sites for hydroxylation is 1. The third kappa shape index (κ3) is 2.11. The molecule has 0 bridgehead atoms. The fourth-order valence-corrected chi connectivity index (χ4v) is 1.39. The summed E-state index contributed by atoms with van der Waals surface area (Å²) in [6.07, 6.45) is 1.61. The third-order valence-corrected chi connectivity index (χ3v) is 2.30. The fraction of sp³-hybridized carbons (Fsp3) is 0.167. The van der Waals surface area contributed by atoms with Crippen molar-refractivity contribution >= 4 is 17.2 Å². The monoisotopic (exact) mass is 216 g/mol. The lowest BCUT2D eigenvalue weighted by atomic mass is 10.1. The largest absolute Gasteiger partial charge is 0.359 e. The second kappa shape index (κ2) is 4.18. The number of aromatic nitrogens is 1. The number of carbonyl (C=O) groups is 1. The van der Waals surface area contributed by atoms with Gasteiger partial charge in [0.25, 0.3) is 0 Å². The van der Waals surface area contributed by atoms with Crippen molar-refractivity contribution in [3.8, 4) is 0 Å². The Labute approximate surface area is 93.3 Å². The molecule has 0 unspecified atom stereocenters. The minimum absolute atomic E-state index is 0.0469. The summed E-state index contributed by atoms with van der Waals surface area (Å²) in [7, 11) is 0. The number of hydrogen-bond donors (Lipinski definition) is 1. The van der Waals surface area contributed by atoms with Gasteiger partial charge in [-0.15, -0.1) is 0 Å². The Hall–Kier alpha value is -2.10. The predicted octanol–water partition coefficient (Wildman–Crippen LogP) is 2.93. The van der Waals surface area contributed by atoms with Crippen molar-refractivity contribution in [3.05, 3.63) is 41.8 Å². The first-order valence-electron chi connectivity index (χ1n) is 4.96. The maximum absolute atomic E-state index is 11.2. The molecule has 2 rings (SSSR count). The molecule has 0 aliphatic carbocycles. The van der Waals surface area contributed by atoms with Crippen LogP contribution in [0.3, 0.4) is 0 Å². The normalized spacial score (nSPS) is 10.1. The van der Waals surface area contributed by atoms with Crippen LogP contribution in [0, 0.1) is 6.92 Å². The quantitative estimate of drug-likeness (QED) is 0.801. The zero-order valence-corrected chi connectivity index (χ0v) is 9.15. The molecule has 0 amide bonds. The van der Waals surface area contributed by atoms with Crippen LogP contribution in [0.1, 0.15) is 23.0 Å². The Bertz CT molecular complexity index is 517. The zero-order chi connectivity index (χ0) is 11.5. The summed E-state index contributed by atoms with van der Waals surface area (Å²) in [4.78, 5) is 11.2. The molecule has 1 heterocycles. The van der Waals surface area contributed by atoms with E-state index in [4.69, 9.17) is 4.52 Å². The molecule has 4 nitrogen and oxygen atoms in total. The summed E-state index contributed by atoms with van der Waals surface area (Å²) in [5.41, 5.74) is 2.33. The molecule has 1 N–H and O–H groups in total. The van der Waals surface area contributed by atoms with E-state index in [1.165, 1.54) is 0 Å². The Morgan fingerprint density at radius 3 is 2.88 bits per heavy atom. The molecule has 0 aliphatic rings. The van der Waals surface area contributed by atoms with E-state index in [1.807, 2.05) is 19.1 Å². The van der Waals surface area contributed by atoms with Crippen LogP contribution >= 0.6 is 0 Å². The maximum atomic E-state index is 11.2. The van der Waals surface area contributed by atoms with Crippen molar-refractivity contribution < 1.29 is 9.32 Å². The summed E-state index contributed by atoms with van der Waals surface area (Å²) in [5, 5.41) is 6.81. The lowest BCUT2D eigenvalue weighted by Crippen LogP contribution is -1.95. The van der Waals surface area contributed by atoms with Crippen LogP contribution in [0.5, 0.6) is 0 Å². The van der Waals surface area contributed by atoms with Gasteiger partial charge < -0.3 is 9.84 Å². The molecule has 0 atom stereocenters. The average Bonchev–Trinajstić information content (AvgIpc) is 2.65. The Balaban J connectivity index is 2.25. The SMILES string of the molecule is CC(=O)c1cccc(Nc2cnoc2C)c1. The fourth-order valence-electron chi connectivity index (χ4n) is 1.39. The molecular formula is C12H12N2O2. The molecule has 82 valence electrons. The molecule has 0 spiro atoms. The molecule has 0 radical (unpaired) electrons. The van der Waals surface area contributed by atoms with Gasteiger partial charge in [-0.2, -0.15) is 0 Å². The summed E-state index contributed by atoms with van der Waals surface area (Å²) < 4.78 is 4.93. The highest BCUT2D eigenvalue weighted by Gasteiger charge is 2.04. The first-order valence-corrected chi connectivity index (χ1v) is 4.96. The number of nitrogens with zero attached hydrogens (tertiary/aromatic N) is 1. The van der Waals surface area contributed by atoms with Gasteiger partial charge in [0.1, 0.15) is 5.69 Å². The van der Waals surface area contributed by atoms with Crippen molar-refractivity contribution in [1.29, 1.82) is 0 Å². The van der Waals surface area contributed by atoms with Gasteiger partial charge in [0.15, 0.2) is 11.5 Å². The second-order valence-electron chi connectivity index (χ2n) is 3.56. The van der Waals surface area contributed by atoms with Crippen LogP contribution in [0.15, 0.2) is 35.0 Å². The number of Topliss-reactive ketones (excluding diaryl/α,β-unsaturated/α-hetero) is 1. The first kappa shape index (κ1) is 10.4. The van der Waals surface area contributed by atoms with E-state index in [1.54, 1.807) is 25.3 Å². The summed E-state index contributed by atoms with van der Waals surface area (Å²) in [6, 6.07) is 7.31. The van der Waals surface area contributed by atoms with Crippen molar-refractivity contribution in [2.24, 2.45) is 0 Å². The van der Waals surface area contributed by atoms with E-state index < -0.39 is 0 Å². The van der Waals surface area contributed by atoms with Gasteiger partial charge in [-0.25, -0.2) is 0 Å². The topological polar surface area (TPSA) is 55.1 Å². The molecule has 0 aliphatic heterocycles. The third-order valence-electron chi connectivity index (χ3n) is 2.30. The molecular weight excluding hydrogens is 204 g/mol. The molecule has 1 aromatic carbocycles. The molecule has 0 fully saturated rings. The summed E-state index contributed by atoms with van der Waals surface area (Å²) in [5.74, 6) is 0.763. The number of ketones is 1. The number of rotatable bonds is 3. The smallest absolute Gasteiger partial charge is 0.159 e. The van der Waals surface area contributed by atoms with Crippen LogP contribution in [0.25, 0.3) is 0 Å². The number of hydrogen-bond acceptors (Lipinski definition) is 4. The summed E-state index contributed by atoms with van der Waals surface area (Å²) in [6.45, 7) is 3.37. The predicted molar refractivity (Wildman–Crippen MR) is 61.0 cm³/mol. The standard InChI is InChI=1S/C12H12N2O2/c1-8(15)10-4-3-5-11(6-10)14-12-7-13-16-9(12)2/h3-7,14H,1-2H3. The van der Waals surface area contributed by atoms with E-state index in [0.717, 1.165) is 11.4 Å². The average molecular weight is 216 g/mol. The van der Waals surface area contributed by atoms with E-state index in [2.05, 4.69) is 10.5 Å². The first-order chi connectivity index (χ1) is 7.66. The van der Waals surface area contributed by atoms with Gasteiger partial charge in [0, 0.05) is 11.3 Å². The minimum atomic E-state index is 0.0469. The molecule has 2 aromatic rings. The molecule has 4 heteroatoms. The van der Waals surface area contributed by atoms with Gasteiger partial charge in [-0.3, -0.25) is 4.79 Å². The Morgan fingerprint density at radius 2 is 2.25 bits per heavy atom. The lowest BCUT2D eigenvalue weighted by molar-refractivity contribution is 0.101. The summed E-state index contributed by atoms with van der Waals surface area (Å²) >= 11 is 0. The number of carbonyl (C=O) groups excluding carboxylic acids is 1. The second-order valence-corrected chi connectivity index (χ2v) is 3.56. The molecule has 0 saturated heterocycles. The number of benzene rings is 1. The van der Waals surface area contributed by atoms with E-state index in [9.17, 15) is 4.79 Å². The Morgan fingerprint density at radius 1 is 1.44 bits per heavy atom. The van der Waals surface area contributed by atoms with Crippen LogP contribution < -0.4 is 5.32 Å².